The van der Waals surface area contributed by atoms with Crippen molar-refractivity contribution >= 4 is 0 Å². The number of halogens is 2. The van der Waals surface area contributed by atoms with Crippen molar-refractivity contribution in [2.24, 2.45) is 5.92 Å². The number of aryl methyl sites for hydroxylation is 1. The fourth-order valence-electron chi connectivity index (χ4n) is 4.24. The van der Waals surface area contributed by atoms with E-state index in [0.717, 1.165) is 36.5 Å². The van der Waals surface area contributed by atoms with Crippen LogP contribution < -0.4 is 4.74 Å². The third-order valence-corrected chi connectivity index (χ3v) is 6.11. The van der Waals surface area contributed by atoms with Gasteiger partial charge in [0.05, 0.1) is 7.11 Å². The van der Waals surface area contributed by atoms with Gasteiger partial charge in [0.15, 0.2) is 0 Å². The van der Waals surface area contributed by atoms with Crippen LogP contribution in [0.2, 0.25) is 0 Å². The normalized spacial score (nSPS) is 19.9. The molecular formula is C24H30F2O. The molecule has 3 heteroatoms. The van der Waals surface area contributed by atoms with E-state index in [0.29, 0.717) is 5.92 Å². The highest BCUT2D eigenvalue weighted by atomic mass is 19.1. The van der Waals surface area contributed by atoms with Crippen LogP contribution in [0.15, 0.2) is 36.4 Å². The molecule has 1 nitrogen and oxygen atoms in total. The first kappa shape index (κ1) is 19.9. The van der Waals surface area contributed by atoms with Crippen LogP contribution in [-0.4, -0.2) is 7.11 Å². The zero-order valence-electron chi connectivity index (χ0n) is 16.4. The molecule has 0 aliphatic heterocycles. The van der Waals surface area contributed by atoms with Crippen molar-refractivity contribution < 1.29 is 13.5 Å². The Kier molecular flexibility index (Phi) is 6.87. The van der Waals surface area contributed by atoms with E-state index in [1.807, 2.05) is 12.1 Å². The molecule has 0 spiro atoms. The van der Waals surface area contributed by atoms with Crippen LogP contribution >= 0.6 is 0 Å². The molecule has 1 fully saturated rings. The van der Waals surface area contributed by atoms with Crippen LogP contribution in [0.5, 0.6) is 5.75 Å². The Morgan fingerprint density at radius 3 is 2.15 bits per heavy atom. The van der Waals surface area contributed by atoms with Crippen molar-refractivity contribution in [2.75, 3.05) is 7.11 Å². The Hall–Kier alpha value is -1.90. The van der Waals surface area contributed by atoms with Crippen molar-refractivity contribution in [3.63, 3.8) is 0 Å². The van der Waals surface area contributed by atoms with Crippen molar-refractivity contribution in [3.8, 4) is 5.75 Å². The second kappa shape index (κ2) is 9.34. The summed E-state index contributed by atoms with van der Waals surface area (Å²) in [4.78, 5) is 0. The Balaban J connectivity index is 1.39. The predicted molar refractivity (Wildman–Crippen MR) is 106 cm³/mol. The van der Waals surface area contributed by atoms with Crippen LogP contribution in [0.1, 0.15) is 67.6 Å². The highest BCUT2D eigenvalue weighted by Crippen LogP contribution is 2.38. The van der Waals surface area contributed by atoms with Gasteiger partial charge in [-0.15, -0.1) is 0 Å². The van der Waals surface area contributed by atoms with Crippen LogP contribution in [0, 0.1) is 24.5 Å². The van der Waals surface area contributed by atoms with Crippen LogP contribution in [0.4, 0.5) is 8.78 Å². The third-order valence-electron chi connectivity index (χ3n) is 6.11. The number of rotatable bonds is 7. The van der Waals surface area contributed by atoms with Crippen LogP contribution in [0.25, 0.3) is 0 Å². The molecule has 0 bridgehead atoms. The van der Waals surface area contributed by atoms with Gasteiger partial charge in [0.25, 0.3) is 0 Å². The Labute approximate surface area is 161 Å². The maximum atomic E-state index is 13.8. The first-order chi connectivity index (χ1) is 13.1. The summed E-state index contributed by atoms with van der Waals surface area (Å²) < 4.78 is 32.8. The molecule has 0 unspecified atom stereocenters. The Bertz CT molecular complexity index is 708. The number of ether oxygens (including phenoxy) is 1. The van der Waals surface area contributed by atoms with Crippen molar-refractivity contribution in [2.45, 2.75) is 64.2 Å². The third kappa shape index (κ3) is 5.31. The molecule has 0 amide bonds. The van der Waals surface area contributed by atoms with Gasteiger partial charge >= 0.3 is 0 Å². The summed E-state index contributed by atoms with van der Waals surface area (Å²) in [6.45, 7) is 1.50. The topological polar surface area (TPSA) is 9.23 Å². The molecule has 3 rings (SSSR count). The van der Waals surface area contributed by atoms with E-state index >= 15 is 0 Å². The second-order valence-electron chi connectivity index (χ2n) is 7.92. The SMILES string of the molecule is COc1ccc(CCCCC2CCC(c3cc(F)c(C)c(F)c3)CC2)cc1. The zero-order chi connectivity index (χ0) is 19.2. The second-order valence-corrected chi connectivity index (χ2v) is 7.92. The molecule has 146 valence electrons. The lowest BCUT2D eigenvalue weighted by molar-refractivity contribution is 0.302. The molecule has 0 saturated heterocycles. The van der Waals surface area contributed by atoms with E-state index in [-0.39, 0.29) is 5.56 Å². The largest absolute Gasteiger partial charge is 0.497 e. The molecule has 1 saturated carbocycles. The molecule has 0 N–H and O–H groups in total. The molecule has 1 aliphatic rings. The maximum Gasteiger partial charge on any atom is 0.129 e. The molecular weight excluding hydrogens is 342 g/mol. The number of benzene rings is 2. The summed E-state index contributed by atoms with van der Waals surface area (Å²) in [5.41, 5.74) is 2.33. The van der Waals surface area contributed by atoms with E-state index in [2.05, 4.69) is 12.1 Å². The quantitative estimate of drug-likeness (QED) is 0.477. The predicted octanol–water partition coefficient (Wildman–Crippen LogP) is 6.97. The average molecular weight is 372 g/mol. The van der Waals surface area contributed by atoms with Gasteiger partial charge in [-0.1, -0.05) is 25.0 Å². The maximum absolute atomic E-state index is 13.8. The van der Waals surface area contributed by atoms with Gasteiger partial charge in [0.1, 0.15) is 17.4 Å². The summed E-state index contributed by atoms with van der Waals surface area (Å²) in [5.74, 6) is 1.16. The standard InChI is InChI=1S/C24H30F2O/c1-17-23(25)15-21(16-24(17)26)20-11-7-18(8-12-20)5-3-4-6-19-9-13-22(27-2)14-10-19/h9-10,13-16,18,20H,3-8,11-12H2,1-2H3. The fraction of sp³-hybridized carbons (Fsp3) is 0.500. The summed E-state index contributed by atoms with van der Waals surface area (Å²) in [6, 6.07) is 11.4. The van der Waals surface area contributed by atoms with E-state index in [1.165, 1.54) is 56.7 Å². The number of hydrogen-bond donors (Lipinski definition) is 0. The first-order valence-corrected chi connectivity index (χ1v) is 10.1. The van der Waals surface area contributed by atoms with Crippen LogP contribution in [-0.2, 0) is 6.42 Å². The van der Waals surface area contributed by atoms with Gasteiger partial charge in [-0.2, -0.15) is 0 Å². The highest BCUT2D eigenvalue weighted by molar-refractivity contribution is 5.28. The van der Waals surface area contributed by atoms with Gasteiger partial charge in [0, 0.05) is 5.56 Å². The van der Waals surface area contributed by atoms with E-state index < -0.39 is 11.6 Å². The lowest BCUT2D eigenvalue weighted by Gasteiger charge is -2.29. The molecule has 0 aromatic heterocycles. The lowest BCUT2D eigenvalue weighted by Crippen LogP contribution is -2.14. The molecule has 0 heterocycles. The van der Waals surface area contributed by atoms with Crippen molar-refractivity contribution in [3.05, 3.63) is 64.7 Å². The van der Waals surface area contributed by atoms with Crippen molar-refractivity contribution in [1.29, 1.82) is 0 Å². The minimum Gasteiger partial charge on any atom is -0.497 e. The van der Waals surface area contributed by atoms with Gasteiger partial charge < -0.3 is 4.74 Å². The molecule has 2 aromatic rings. The molecule has 0 radical (unpaired) electrons. The minimum atomic E-state index is -0.411. The Morgan fingerprint density at radius 1 is 0.926 bits per heavy atom. The fourth-order valence-corrected chi connectivity index (χ4v) is 4.24. The Morgan fingerprint density at radius 2 is 1.56 bits per heavy atom. The van der Waals surface area contributed by atoms with E-state index in [9.17, 15) is 8.78 Å². The summed E-state index contributed by atoms with van der Waals surface area (Å²) in [7, 11) is 1.69. The lowest BCUT2D eigenvalue weighted by atomic mass is 9.77. The molecule has 2 aromatic carbocycles. The molecule has 0 atom stereocenters. The number of unbranched alkanes of at least 4 members (excludes halogenated alkanes) is 1. The minimum absolute atomic E-state index is 0.129. The monoisotopic (exact) mass is 372 g/mol. The first-order valence-electron chi connectivity index (χ1n) is 10.1. The highest BCUT2D eigenvalue weighted by Gasteiger charge is 2.23. The van der Waals surface area contributed by atoms with Crippen molar-refractivity contribution in [1.82, 2.24) is 0 Å². The summed E-state index contributed by atoms with van der Waals surface area (Å²) in [6.07, 6.45) is 9.27. The molecule has 27 heavy (non-hydrogen) atoms. The van der Waals surface area contributed by atoms with Gasteiger partial charge in [-0.05, 0) is 92.7 Å². The number of methoxy groups -OCH3 is 1. The van der Waals surface area contributed by atoms with E-state index in [1.54, 1.807) is 7.11 Å². The van der Waals surface area contributed by atoms with Gasteiger partial charge in [0.2, 0.25) is 0 Å². The summed E-state index contributed by atoms with van der Waals surface area (Å²) >= 11 is 0. The average Bonchev–Trinajstić information content (AvgIpc) is 2.70. The van der Waals surface area contributed by atoms with Crippen LogP contribution in [0.3, 0.4) is 0 Å². The smallest absolute Gasteiger partial charge is 0.129 e. The molecule has 1 aliphatic carbocycles. The summed E-state index contributed by atoms with van der Waals surface area (Å²) in [5, 5.41) is 0. The number of hydrogen-bond acceptors (Lipinski definition) is 1. The van der Waals surface area contributed by atoms with Gasteiger partial charge in [-0.25, -0.2) is 8.78 Å². The van der Waals surface area contributed by atoms with E-state index in [4.69, 9.17) is 4.74 Å². The zero-order valence-corrected chi connectivity index (χ0v) is 16.4. The van der Waals surface area contributed by atoms with Gasteiger partial charge in [-0.3, -0.25) is 0 Å².